The number of hydrogen-bond acceptors (Lipinski definition) is 8. The van der Waals surface area contributed by atoms with Crippen LogP contribution in [-0.4, -0.2) is 66.4 Å². The Bertz CT molecular complexity index is 967. The minimum atomic E-state index is -3.25. The number of nitrogens with one attached hydrogen (secondary N) is 2. The van der Waals surface area contributed by atoms with Gasteiger partial charge in [-0.2, -0.15) is 4.31 Å². The van der Waals surface area contributed by atoms with Crippen LogP contribution in [0.5, 0.6) is 0 Å². The van der Waals surface area contributed by atoms with E-state index in [1.807, 2.05) is 11.8 Å². The number of sulfonamides is 1. The SMILES string of the molecule is C/C=C\C(=C/CC)C(=O)NNC(=O)c1nc(N2CCN(S(=O)(=O)CC)CC2)cnc1N. The van der Waals surface area contributed by atoms with E-state index in [1.54, 1.807) is 32.1 Å². The van der Waals surface area contributed by atoms with Gasteiger partial charge in [0.05, 0.1) is 11.9 Å². The van der Waals surface area contributed by atoms with E-state index >= 15 is 0 Å². The number of carbonyl (C=O) groups is 2. The van der Waals surface area contributed by atoms with Crippen LogP contribution in [0.15, 0.2) is 30.0 Å². The van der Waals surface area contributed by atoms with Crippen molar-refractivity contribution in [2.75, 3.05) is 42.6 Å². The molecule has 170 valence electrons. The molecule has 1 aromatic rings. The lowest BCUT2D eigenvalue weighted by Gasteiger charge is -2.34. The minimum Gasteiger partial charge on any atom is -0.382 e. The van der Waals surface area contributed by atoms with E-state index in [-0.39, 0.29) is 17.3 Å². The van der Waals surface area contributed by atoms with E-state index in [2.05, 4.69) is 20.8 Å². The first-order valence-corrected chi connectivity index (χ1v) is 11.6. The van der Waals surface area contributed by atoms with E-state index in [0.29, 0.717) is 44.0 Å². The van der Waals surface area contributed by atoms with E-state index in [4.69, 9.17) is 5.73 Å². The maximum Gasteiger partial charge on any atom is 0.292 e. The summed E-state index contributed by atoms with van der Waals surface area (Å²) < 4.78 is 25.5. The average Bonchev–Trinajstić information content (AvgIpc) is 2.77. The fraction of sp³-hybridized carbons (Fsp3) is 0.474. The zero-order chi connectivity index (χ0) is 23.0. The fourth-order valence-electron chi connectivity index (χ4n) is 2.97. The fourth-order valence-corrected chi connectivity index (χ4v) is 4.05. The molecular weight excluding hydrogens is 422 g/mol. The van der Waals surface area contributed by atoms with Gasteiger partial charge >= 0.3 is 0 Å². The maximum atomic E-state index is 12.5. The van der Waals surface area contributed by atoms with E-state index in [0.717, 1.165) is 0 Å². The number of rotatable bonds is 7. The maximum absolute atomic E-state index is 12.5. The van der Waals surface area contributed by atoms with Crippen LogP contribution in [0.25, 0.3) is 0 Å². The Kier molecular flexibility index (Phi) is 8.51. The van der Waals surface area contributed by atoms with Gasteiger partial charge in [0.15, 0.2) is 11.5 Å². The second kappa shape index (κ2) is 10.9. The van der Waals surface area contributed by atoms with Crippen molar-refractivity contribution in [2.24, 2.45) is 0 Å². The first-order chi connectivity index (χ1) is 14.7. The molecule has 1 saturated heterocycles. The minimum absolute atomic E-state index is 0.0495. The number of anilines is 2. The standard InChI is InChI=1S/C19H29N7O4S/c1-4-7-14(8-5-2)18(27)23-24-19(28)16-17(20)21-13-15(22-16)25-9-11-26(12-10-25)31(29,30)6-3/h4,7-8,13H,5-6,9-12H2,1-3H3,(H2,20,21)(H,23,27)(H,24,28)/b7-4-,14-8+. The van der Waals surface area contributed by atoms with Crippen LogP contribution in [0.1, 0.15) is 37.7 Å². The van der Waals surface area contributed by atoms with Gasteiger partial charge in [0, 0.05) is 31.8 Å². The number of nitrogens with zero attached hydrogens (tertiary/aromatic N) is 4. The Balaban J connectivity index is 2.07. The highest BCUT2D eigenvalue weighted by molar-refractivity contribution is 7.89. The molecule has 4 N–H and O–H groups in total. The molecule has 1 aliphatic heterocycles. The van der Waals surface area contributed by atoms with Crippen LogP contribution in [0.3, 0.4) is 0 Å². The van der Waals surface area contributed by atoms with Gasteiger partial charge in [-0.1, -0.05) is 25.2 Å². The molecule has 0 radical (unpaired) electrons. The van der Waals surface area contributed by atoms with Gasteiger partial charge in [0.25, 0.3) is 11.8 Å². The van der Waals surface area contributed by atoms with E-state index in [9.17, 15) is 18.0 Å². The van der Waals surface area contributed by atoms with E-state index < -0.39 is 21.8 Å². The number of aromatic nitrogens is 2. The van der Waals surface area contributed by atoms with Crippen molar-refractivity contribution in [3.05, 3.63) is 35.7 Å². The third-order valence-electron chi connectivity index (χ3n) is 4.65. The summed E-state index contributed by atoms with van der Waals surface area (Å²) in [5, 5.41) is 0. The van der Waals surface area contributed by atoms with Crippen molar-refractivity contribution in [2.45, 2.75) is 27.2 Å². The number of allylic oxidation sites excluding steroid dienone is 2. The predicted molar refractivity (Wildman–Crippen MR) is 118 cm³/mol. The number of hydrogen-bond donors (Lipinski definition) is 3. The molecular formula is C19H29N7O4S. The largest absolute Gasteiger partial charge is 0.382 e. The summed E-state index contributed by atoms with van der Waals surface area (Å²) in [5.74, 6) is -0.804. The molecule has 0 atom stereocenters. The van der Waals surface area contributed by atoms with E-state index in [1.165, 1.54) is 10.5 Å². The van der Waals surface area contributed by atoms with Gasteiger partial charge in [-0.05, 0) is 20.3 Å². The molecule has 12 heteroatoms. The highest BCUT2D eigenvalue weighted by atomic mass is 32.2. The average molecular weight is 452 g/mol. The van der Waals surface area contributed by atoms with Crippen molar-refractivity contribution in [3.8, 4) is 0 Å². The van der Waals surface area contributed by atoms with Crippen LogP contribution in [0.4, 0.5) is 11.6 Å². The number of nitrogen functional groups attached to an aromatic ring is 1. The zero-order valence-electron chi connectivity index (χ0n) is 18.0. The highest BCUT2D eigenvalue weighted by Gasteiger charge is 2.27. The van der Waals surface area contributed by atoms with Crippen molar-refractivity contribution >= 4 is 33.5 Å². The highest BCUT2D eigenvalue weighted by Crippen LogP contribution is 2.17. The lowest BCUT2D eigenvalue weighted by atomic mass is 10.2. The number of nitrogens with two attached hydrogens (primary N) is 1. The molecule has 0 unspecified atom stereocenters. The summed E-state index contributed by atoms with van der Waals surface area (Å²) in [6.45, 7) is 6.74. The van der Waals surface area contributed by atoms with Gasteiger partial charge in [-0.3, -0.25) is 20.4 Å². The third kappa shape index (κ3) is 6.25. The van der Waals surface area contributed by atoms with Crippen molar-refractivity contribution in [1.82, 2.24) is 25.1 Å². The van der Waals surface area contributed by atoms with Crippen LogP contribution in [0.2, 0.25) is 0 Å². The molecule has 11 nitrogen and oxygen atoms in total. The third-order valence-corrected chi connectivity index (χ3v) is 6.53. The number of carbonyl (C=O) groups excluding carboxylic acids is 2. The number of hydrazine groups is 1. The summed E-state index contributed by atoms with van der Waals surface area (Å²) in [7, 11) is -3.25. The summed E-state index contributed by atoms with van der Waals surface area (Å²) >= 11 is 0. The second-order valence-corrected chi connectivity index (χ2v) is 8.98. The Morgan fingerprint density at radius 1 is 1.19 bits per heavy atom. The molecule has 0 aromatic carbocycles. The van der Waals surface area contributed by atoms with Gasteiger partial charge in [0.2, 0.25) is 10.0 Å². The quantitative estimate of drug-likeness (QED) is 0.302. The first-order valence-electron chi connectivity index (χ1n) is 10.0. The first kappa shape index (κ1) is 24.3. The van der Waals surface area contributed by atoms with Crippen molar-refractivity contribution in [3.63, 3.8) is 0 Å². The molecule has 1 aliphatic rings. The molecule has 0 saturated carbocycles. The molecule has 31 heavy (non-hydrogen) atoms. The number of amides is 2. The molecule has 1 fully saturated rings. The van der Waals surface area contributed by atoms with Crippen LogP contribution >= 0.6 is 0 Å². The molecule has 2 heterocycles. The van der Waals surface area contributed by atoms with Crippen molar-refractivity contribution < 1.29 is 18.0 Å². The van der Waals surface area contributed by atoms with Crippen molar-refractivity contribution in [1.29, 1.82) is 0 Å². The smallest absolute Gasteiger partial charge is 0.292 e. The Labute approximate surface area is 182 Å². The predicted octanol–water partition coefficient (Wildman–Crippen LogP) is 0.204. The molecule has 2 amide bonds. The molecule has 2 rings (SSSR count). The molecule has 0 bridgehead atoms. The molecule has 0 spiro atoms. The molecule has 1 aromatic heterocycles. The molecule has 0 aliphatic carbocycles. The van der Waals surface area contributed by atoms with Crippen LogP contribution < -0.4 is 21.5 Å². The summed E-state index contributed by atoms with van der Waals surface area (Å²) in [6.07, 6.45) is 7.19. The topological polar surface area (TPSA) is 151 Å². The number of piperazine rings is 1. The Morgan fingerprint density at radius 2 is 1.87 bits per heavy atom. The van der Waals surface area contributed by atoms with Crippen LogP contribution in [0, 0.1) is 0 Å². The summed E-state index contributed by atoms with van der Waals surface area (Å²) in [6, 6.07) is 0. The zero-order valence-corrected chi connectivity index (χ0v) is 18.8. The summed E-state index contributed by atoms with van der Waals surface area (Å²) in [5.41, 5.74) is 10.7. The van der Waals surface area contributed by atoms with Gasteiger partial charge in [-0.25, -0.2) is 18.4 Å². The van der Waals surface area contributed by atoms with Gasteiger partial charge in [0.1, 0.15) is 5.82 Å². The van der Waals surface area contributed by atoms with Gasteiger partial charge in [-0.15, -0.1) is 0 Å². The Morgan fingerprint density at radius 3 is 2.45 bits per heavy atom. The normalized spacial score (nSPS) is 15.8. The Hall–Kier alpha value is -2.99. The lowest BCUT2D eigenvalue weighted by molar-refractivity contribution is -0.117. The lowest BCUT2D eigenvalue weighted by Crippen LogP contribution is -2.49. The second-order valence-electron chi connectivity index (χ2n) is 6.72. The monoisotopic (exact) mass is 451 g/mol. The summed E-state index contributed by atoms with van der Waals surface area (Å²) in [4.78, 5) is 34.9. The van der Waals surface area contributed by atoms with Crippen LogP contribution in [-0.2, 0) is 14.8 Å². The van der Waals surface area contributed by atoms with Gasteiger partial charge < -0.3 is 10.6 Å².